The van der Waals surface area contributed by atoms with E-state index in [9.17, 15) is 18.0 Å². The standard InChI is InChI=1S/C10H11NO7S/c1-5-8(4-7(18-5)9(12)13)19(15,16)11-6-2-3-17-10(6)14/h4,6,11H,2-3H2,1H3,(H,12,13). The molecule has 1 aliphatic heterocycles. The summed E-state index contributed by atoms with van der Waals surface area (Å²) in [4.78, 5) is 21.6. The molecule has 0 radical (unpaired) electrons. The molecule has 1 unspecified atom stereocenters. The number of carbonyl (C=O) groups excluding carboxylic acids is 1. The largest absolute Gasteiger partial charge is 0.475 e. The van der Waals surface area contributed by atoms with E-state index in [4.69, 9.17) is 9.52 Å². The van der Waals surface area contributed by atoms with Crippen LogP contribution in [0.15, 0.2) is 15.4 Å². The number of carboxylic acid groups (broad SMARTS) is 1. The highest BCUT2D eigenvalue weighted by Crippen LogP contribution is 2.21. The fourth-order valence-corrected chi connectivity index (χ4v) is 3.09. The molecule has 1 atom stereocenters. The number of hydrogen-bond acceptors (Lipinski definition) is 6. The molecule has 1 saturated heterocycles. The first-order valence-electron chi connectivity index (χ1n) is 5.34. The zero-order chi connectivity index (χ0) is 14.2. The van der Waals surface area contributed by atoms with Gasteiger partial charge >= 0.3 is 11.9 Å². The highest BCUT2D eigenvalue weighted by atomic mass is 32.2. The molecule has 2 N–H and O–H groups in total. The molecule has 1 aromatic rings. The molecule has 2 rings (SSSR count). The molecule has 19 heavy (non-hydrogen) atoms. The molecule has 0 spiro atoms. The normalized spacial score (nSPS) is 19.4. The maximum atomic E-state index is 12.0. The molecule has 1 aliphatic rings. The van der Waals surface area contributed by atoms with E-state index in [1.165, 1.54) is 6.92 Å². The Hall–Kier alpha value is -1.87. The molecule has 2 heterocycles. The quantitative estimate of drug-likeness (QED) is 0.740. The number of rotatable bonds is 4. The fraction of sp³-hybridized carbons (Fsp3) is 0.400. The van der Waals surface area contributed by atoms with Crippen LogP contribution in [0.5, 0.6) is 0 Å². The lowest BCUT2D eigenvalue weighted by Gasteiger charge is -2.08. The van der Waals surface area contributed by atoms with E-state index in [1.54, 1.807) is 0 Å². The van der Waals surface area contributed by atoms with Gasteiger partial charge in [-0.3, -0.25) is 4.79 Å². The maximum Gasteiger partial charge on any atom is 0.371 e. The number of aryl methyl sites for hydroxylation is 1. The average molecular weight is 289 g/mol. The molecule has 0 bridgehead atoms. The third-order valence-corrected chi connectivity index (χ3v) is 4.18. The summed E-state index contributed by atoms with van der Waals surface area (Å²) in [5.41, 5.74) is 0. The summed E-state index contributed by atoms with van der Waals surface area (Å²) < 4.78 is 35.7. The monoisotopic (exact) mass is 289 g/mol. The van der Waals surface area contributed by atoms with E-state index in [0.29, 0.717) is 0 Å². The Balaban J connectivity index is 2.29. The number of carboxylic acids is 1. The van der Waals surface area contributed by atoms with Gasteiger partial charge in [-0.2, -0.15) is 4.72 Å². The number of nitrogens with one attached hydrogen (secondary N) is 1. The van der Waals surface area contributed by atoms with E-state index in [-0.39, 0.29) is 23.7 Å². The minimum atomic E-state index is -4.03. The Kier molecular flexibility index (Phi) is 3.33. The highest BCUT2D eigenvalue weighted by Gasteiger charge is 2.33. The molecule has 0 saturated carbocycles. The second kappa shape index (κ2) is 4.67. The number of carbonyl (C=O) groups is 2. The van der Waals surface area contributed by atoms with Crippen molar-refractivity contribution in [2.75, 3.05) is 6.61 Å². The first kappa shape index (κ1) is 13.6. The van der Waals surface area contributed by atoms with Gasteiger partial charge in [0, 0.05) is 12.5 Å². The van der Waals surface area contributed by atoms with Crippen LogP contribution >= 0.6 is 0 Å². The van der Waals surface area contributed by atoms with Crippen LogP contribution in [0.3, 0.4) is 0 Å². The number of furan rings is 1. The van der Waals surface area contributed by atoms with Crippen molar-refractivity contribution in [3.8, 4) is 0 Å². The Morgan fingerprint density at radius 2 is 2.21 bits per heavy atom. The molecule has 9 heteroatoms. The molecule has 104 valence electrons. The molecule has 0 amide bonds. The van der Waals surface area contributed by atoms with Gasteiger partial charge in [-0.1, -0.05) is 0 Å². The number of sulfonamides is 1. The fourth-order valence-electron chi connectivity index (χ4n) is 1.69. The second-order valence-corrected chi connectivity index (χ2v) is 5.65. The van der Waals surface area contributed by atoms with Crippen LogP contribution in [0.1, 0.15) is 22.7 Å². The zero-order valence-corrected chi connectivity index (χ0v) is 10.7. The SMILES string of the molecule is Cc1oc(C(=O)O)cc1S(=O)(=O)NC1CCOC1=O. The lowest BCUT2D eigenvalue weighted by molar-refractivity contribution is -0.139. The summed E-state index contributed by atoms with van der Waals surface area (Å²) in [5, 5.41) is 8.73. The zero-order valence-electron chi connectivity index (χ0n) is 9.87. The predicted octanol–water partition coefficient (Wildman–Crippen LogP) is -0.120. The van der Waals surface area contributed by atoms with Crippen molar-refractivity contribution in [1.29, 1.82) is 0 Å². The third kappa shape index (κ3) is 2.61. The van der Waals surface area contributed by atoms with E-state index in [0.717, 1.165) is 6.07 Å². The van der Waals surface area contributed by atoms with Gasteiger partial charge in [0.1, 0.15) is 16.7 Å². The van der Waals surface area contributed by atoms with Gasteiger partial charge in [0.05, 0.1) is 6.61 Å². The van der Waals surface area contributed by atoms with Gasteiger partial charge in [-0.25, -0.2) is 13.2 Å². The van der Waals surface area contributed by atoms with Gasteiger partial charge in [-0.05, 0) is 6.92 Å². The Bertz CT molecular complexity index is 630. The minimum Gasteiger partial charge on any atom is -0.475 e. The average Bonchev–Trinajstić information content (AvgIpc) is 2.86. The Morgan fingerprint density at radius 1 is 1.53 bits per heavy atom. The number of hydrogen-bond donors (Lipinski definition) is 2. The lowest BCUT2D eigenvalue weighted by Crippen LogP contribution is -2.37. The predicted molar refractivity (Wildman–Crippen MR) is 60.1 cm³/mol. The Morgan fingerprint density at radius 3 is 2.68 bits per heavy atom. The van der Waals surface area contributed by atoms with Crippen LogP contribution in [0.4, 0.5) is 0 Å². The number of cyclic esters (lactones) is 1. The van der Waals surface area contributed by atoms with E-state index in [2.05, 4.69) is 9.46 Å². The van der Waals surface area contributed by atoms with E-state index in [1.807, 2.05) is 0 Å². The van der Waals surface area contributed by atoms with Crippen LogP contribution in [0, 0.1) is 6.92 Å². The Labute approximate surface area is 108 Å². The first-order chi connectivity index (χ1) is 8.81. The number of aromatic carboxylic acids is 1. The molecule has 1 fully saturated rings. The van der Waals surface area contributed by atoms with Crippen molar-refractivity contribution in [2.45, 2.75) is 24.3 Å². The summed E-state index contributed by atoms with van der Waals surface area (Å²) in [7, 11) is -4.03. The molecule has 8 nitrogen and oxygen atoms in total. The topological polar surface area (TPSA) is 123 Å². The second-order valence-electron chi connectivity index (χ2n) is 3.97. The van der Waals surface area contributed by atoms with E-state index < -0.39 is 33.8 Å². The van der Waals surface area contributed by atoms with Crippen LogP contribution in [0.2, 0.25) is 0 Å². The molecular formula is C10H11NO7S. The molecule has 0 aliphatic carbocycles. The summed E-state index contributed by atoms with van der Waals surface area (Å²) in [6, 6.07) is -0.0483. The molecular weight excluding hydrogens is 278 g/mol. The van der Waals surface area contributed by atoms with Crippen LogP contribution in [-0.2, 0) is 19.6 Å². The van der Waals surface area contributed by atoms with Crippen molar-refractivity contribution in [1.82, 2.24) is 4.72 Å². The van der Waals surface area contributed by atoms with Crippen molar-refractivity contribution < 1.29 is 32.3 Å². The molecule has 1 aromatic heterocycles. The number of ether oxygens (including phenoxy) is 1. The summed E-state index contributed by atoms with van der Waals surface area (Å²) in [5.74, 6) is -2.56. The molecule has 0 aromatic carbocycles. The van der Waals surface area contributed by atoms with Crippen molar-refractivity contribution in [2.24, 2.45) is 0 Å². The van der Waals surface area contributed by atoms with Gasteiger partial charge in [0.2, 0.25) is 15.8 Å². The van der Waals surface area contributed by atoms with Crippen molar-refractivity contribution in [3.63, 3.8) is 0 Å². The smallest absolute Gasteiger partial charge is 0.371 e. The van der Waals surface area contributed by atoms with Crippen LogP contribution < -0.4 is 4.72 Å². The van der Waals surface area contributed by atoms with Crippen LogP contribution in [-0.4, -0.2) is 38.1 Å². The maximum absolute atomic E-state index is 12.0. The first-order valence-corrected chi connectivity index (χ1v) is 6.82. The van der Waals surface area contributed by atoms with Gasteiger partial charge < -0.3 is 14.3 Å². The van der Waals surface area contributed by atoms with Gasteiger partial charge in [0.25, 0.3) is 0 Å². The van der Waals surface area contributed by atoms with Gasteiger partial charge in [0.15, 0.2) is 0 Å². The van der Waals surface area contributed by atoms with Gasteiger partial charge in [-0.15, -0.1) is 0 Å². The van der Waals surface area contributed by atoms with Crippen molar-refractivity contribution >= 4 is 22.0 Å². The minimum absolute atomic E-state index is 0.0590. The van der Waals surface area contributed by atoms with E-state index >= 15 is 0 Å². The highest BCUT2D eigenvalue weighted by molar-refractivity contribution is 7.89. The van der Waals surface area contributed by atoms with Crippen molar-refractivity contribution in [3.05, 3.63) is 17.6 Å². The summed E-state index contributed by atoms with van der Waals surface area (Å²) >= 11 is 0. The summed E-state index contributed by atoms with van der Waals surface area (Å²) in [6.45, 7) is 1.48. The number of esters is 1. The third-order valence-electron chi connectivity index (χ3n) is 2.61. The summed E-state index contributed by atoms with van der Waals surface area (Å²) in [6.07, 6.45) is 0.237. The lowest BCUT2D eigenvalue weighted by atomic mass is 10.3. The van der Waals surface area contributed by atoms with Crippen LogP contribution in [0.25, 0.3) is 0 Å².